The lowest BCUT2D eigenvalue weighted by Gasteiger charge is -2.41. The van der Waals surface area contributed by atoms with Crippen molar-refractivity contribution in [2.45, 2.75) is 5.41 Å². The van der Waals surface area contributed by atoms with E-state index in [1.807, 2.05) is 18.2 Å². The first-order chi connectivity index (χ1) is 6.87. The maximum absolute atomic E-state index is 5.28. The Bertz CT molecular complexity index is 301. The number of hydrogen-bond acceptors (Lipinski definition) is 2. The molecule has 1 saturated heterocycles. The van der Waals surface area contributed by atoms with Gasteiger partial charge in [-0.15, -0.1) is 0 Å². The Morgan fingerprint density at radius 3 is 2.57 bits per heavy atom. The fourth-order valence-electron chi connectivity index (χ4n) is 1.69. The van der Waals surface area contributed by atoms with Gasteiger partial charge in [0.05, 0.1) is 24.9 Å². The van der Waals surface area contributed by atoms with Gasteiger partial charge in [0.15, 0.2) is 0 Å². The van der Waals surface area contributed by atoms with Gasteiger partial charge in [0.25, 0.3) is 0 Å². The molecule has 14 heavy (non-hydrogen) atoms. The van der Waals surface area contributed by atoms with Crippen molar-refractivity contribution in [3.05, 3.63) is 48.7 Å². The molecule has 0 radical (unpaired) electrons. The summed E-state index contributed by atoms with van der Waals surface area (Å²) in [7, 11) is 0. The molecule has 1 aromatic carbocycles. The van der Waals surface area contributed by atoms with E-state index >= 15 is 0 Å². The molecule has 2 rings (SSSR count). The zero-order chi connectivity index (χ0) is 9.86. The minimum absolute atomic E-state index is 0.0510. The zero-order valence-electron chi connectivity index (χ0n) is 8.11. The molecule has 1 aliphatic heterocycles. The predicted octanol–water partition coefficient (Wildman–Crippen LogP) is 2.11. The molecule has 0 aliphatic carbocycles. The summed E-state index contributed by atoms with van der Waals surface area (Å²) in [4.78, 5) is 0. The monoisotopic (exact) mass is 190 g/mol. The Labute approximate surface area is 84.2 Å². The maximum atomic E-state index is 5.28. The summed E-state index contributed by atoms with van der Waals surface area (Å²) >= 11 is 0. The predicted molar refractivity (Wildman–Crippen MR) is 55.1 cm³/mol. The highest BCUT2D eigenvalue weighted by atomic mass is 16.5. The summed E-state index contributed by atoms with van der Waals surface area (Å²) in [5.74, 6) is 0. The van der Waals surface area contributed by atoms with Crippen LogP contribution in [0.15, 0.2) is 43.2 Å². The molecule has 0 atom stereocenters. The van der Waals surface area contributed by atoms with Crippen LogP contribution in [0.3, 0.4) is 0 Å². The highest BCUT2D eigenvalue weighted by molar-refractivity contribution is 5.28. The SMILES string of the molecule is C=COCC1(c2ccccc2)COC1. The molecule has 0 bridgehead atoms. The van der Waals surface area contributed by atoms with Gasteiger partial charge in [-0.1, -0.05) is 36.9 Å². The van der Waals surface area contributed by atoms with Crippen LogP contribution in [0.4, 0.5) is 0 Å². The Balaban J connectivity index is 2.16. The zero-order valence-corrected chi connectivity index (χ0v) is 8.11. The molecule has 1 aromatic rings. The molecular formula is C12H14O2. The van der Waals surface area contributed by atoms with E-state index in [-0.39, 0.29) is 5.41 Å². The molecule has 0 saturated carbocycles. The molecule has 0 aromatic heterocycles. The second kappa shape index (κ2) is 3.84. The number of rotatable bonds is 4. The summed E-state index contributed by atoms with van der Waals surface area (Å²) in [6.45, 7) is 5.69. The fraction of sp³-hybridized carbons (Fsp3) is 0.333. The molecule has 1 fully saturated rings. The van der Waals surface area contributed by atoms with Gasteiger partial charge in [0.1, 0.15) is 6.61 Å². The molecule has 1 aliphatic rings. The van der Waals surface area contributed by atoms with Gasteiger partial charge in [0.2, 0.25) is 0 Å². The molecule has 0 spiro atoms. The van der Waals surface area contributed by atoms with Crippen LogP contribution in [0, 0.1) is 0 Å². The first-order valence-corrected chi connectivity index (χ1v) is 4.73. The summed E-state index contributed by atoms with van der Waals surface area (Å²) in [6, 6.07) is 10.3. The molecular weight excluding hydrogens is 176 g/mol. The Morgan fingerprint density at radius 2 is 2.07 bits per heavy atom. The van der Waals surface area contributed by atoms with Gasteiger partial charge in [0, 0.05) is 0 Å². The Hall–Kier alpha value is -1.28. The second-order valence-electron chi connectivity index (χ2n) is 3.62. The lowest BCUT2D eigenvalue weighted by Crippen LogP contribution is -2.50. The van der Waals surface area contributed by atoms with Gasteiger partial charge in [-0.25, -0.2) is 0 Å². The average molecular weight is 190 g/mol. The standard InChI is InChI=1S/C12H14O2/c1-2-13-8-12(9-14-10-12)11-6-4-3-5-7-11/h2-7H,1,8-10H2. The van der Waals surface area contributed by atoms with Crippen molar-refractivity contribution in [3.63, 3.8) is 0 Å². The normalized spacial score (nSPS) is 18.3. The van der Waals surface area contributed by atoms with E-state index in [0.29, 0.717) is 6.61 Å². The smallest absolute Gasteiger partial charge is 0.101 e. The van der Waals surface area contributed by atoms with E-state index < -0.39 is 0 Å². The third-order valence-corrected chi connectivity index (χ3v) is 2.62. The highest BCUT2D eigenvalue weighted by Crippen LogP contribution is 2.32. The first-order valence-electron chi connectivity index (χ1n) is 4.73. The number of hydrogen-bond donors (Lipinski definition) is 0. The van der Waals surface area contributed by atoms with E-state index in [2.05, 4.69) is 18.7 Å². The summed E-state index contributed by atoms with van der Waals surface area (Å²) in [5.41, 5.74) is 1.34. The van der Waals surface area contributed by atoms with Crippen molar-refractivity contribution < 1.29 is 9.47 Å². The van der Waals surface area contributed by atoms with Crippen molar-refractivity contribution in [1.82, 2.24) is 0 Å². The Kier molecular flexibility index (Phi) is 2.55. The van der Waals surface area contributed by atoms with Gasteiger partial charge in [-0.05, 0) is 5.56 Å². The fourth-order valence-corrected chi connectivity index (χ4v) is 1.69. The van der Waals surface area contributed by atoms with Crippen molar-refractivity contribution in [2.75, 3.05) is 19.8 Å². The topological polar surface area (TPSA) is 18.5 Å². The quantitative estimate of drug-likeness (QED) is 0.677. The molecule has 2 heteroatoms. The first kappa shape index (κ1) is 9.28. The van der Waals surface area contributed by atoms with E-state index in [1.165, 1.54) is 11.8 Å². The lowest BCUT2D eigenvalue weighted by atomic mass is 9.79. The van der Waals surface area contributed by atoms with Crippen LogP contribution in [0.1, 0.15) is 5.56 Å². The number of ether oxygens (including phenoxy) is 2. The third-order valence-electron chi connectivity index (χ3n) is 2.62. The van der Waals surface area contributed by atoms with Gasteiger partial charge in [-0.3, -0.25) is 0 Å². The molecule has 1 heterocycles. The van der Waals surface area contributed by atoms with Crippen LogP contribution in [0.5, 0.6) is 0 Å². The van der Waals surface area contributed by atoms with Crippen LogP contribution in [-0.4, -0.2) is 19.8 Å². The van der Waals surface area contributed by atoms with E-state index in [9.17, 15) is 0 Å². The highest BCUT2D eigenvalue weighted by Gasteiger charge is 2.40. The van der Waals surface area contributed by atoms with Gasteiger partial charge >= 0.3 is 0 Å². The van der Waals surface area contributed by atoms with Crippen LogP contribution in [0.25, 0.3) is 0 Å². The van der Waals surface area contributed by atoms with Crippen molar-refractivity contribution in [2.24, 2.45) is 0 Å². The van der Waals surface area contributed by atoms with Gasteiger partial charge < -0.3 is 9.47 Å². The van der Waals surface area contributed by atoms with Crippen LogP contribution < -0.4 is 0 Å². The lowest BCUT2D eigenvalue weighted by molar-refractivity contribution is -0.0861. The minimum atomic E-state index is 0.0510. The summed E-state index contributed by atoms with van der Waals surface area (Å²) < 4.78 is 10.6. The average Bonchev–Trinajstić information content (AvgIpc) is 2.18. The van der Waals surface area contributed by atoms with Crippen molar-refractivity contribution in [3.8, 4) is 0 Å². The summed E-state index contributed by atoms with van der Waals surface area (Å²) in [6.07, 6.45) is 1.49. The molecule has 0 unspecified atom stereocenters. The van der Waals surface area contributed by atoms with E-state index in [4.69, 9.17) is 9.47 Å². The third kappa shape index (κ3) is 1.53. The Morgan fingerprint density at radius 1 is 1.36 bits per heavy atom. The van der Waals surface area contributed by atoms with Crippen LogP contribution >= 0.6 is 0 Å². The second-order valence-corrected chi connectivity index (χ2v) is 3.62. The van der Waals surface area contributed by atoms with E-state index in [1.54, 1.807) is 0 Å². The largest absolute Gasteiger partial charge is 0.501 e. The number of benzene rings is 1. The van der Waals surface area contributed by atoms with Crippen molar-refractivity contribution in [1.29, 1.82) is 0 Å². The van der Waals surface area contributed by atoms with Crippen LogP contribution in [-0.2, 0) is 14.9 Å². The summed E-state index contributed by atoms with van der Waals surface area (Å²) in [5, 5.41) is 0. The van der Waals surface area contributed by atoms with E-state index in [0.717, 1.165) is 13.2 Å². The van der Waals surface area contributed by atoms with Crippen LogP contribution in [0.2, 0.25) is 0 Å². The molecule has 2 nitrogen and oxygen atoms in total. The molecule has 74 valence electrons. The molecule has 0 amide bonds. The van der Waals surface area contributed by atoms with Crippen molar-refractivity contribution >= 4 is 0 Å². The minimum Gasteiger partial charge on any atom is -0.501 e. The maximum Gasteiger partial charge on any atom is 0.101 e. The van der Waals surface area contributed by atoms with Gasteiger partial charge in [-0.2, -0.15) is 0 Å². The molecule has 0 N–H and O–H groups in total.